The van der Waals surface area contributed by atoms with Gasteiger partial charge in [0, 0.05) is 42.9 Å². The highest BCUT2D eigenvalue weighted by Crippen LogP contribution is 2.37. The van der Waals surface area contributed by atoms with Crippen molar-refractivity contribution in [2.24, 2.45) is 10.1 Å². The Bertz CT molecular complexity index is 1420. The fraction of sp³-hybridized carbons (Fsp3) is 0.600. The second kappa shape index (κ2) is 16.2. The van der Waals surface area contributed by atoms with Crippen molar-refractivity contribution in [3.05, 3.63) is 28.5 Å². The van der Waals surface area contributed by atoms with Crippen molar-refractivity contribution >= 4 is 50.7 Å². The molecule has 1 saturated heterocycles. The Morgan fingerprint density at radius 3 is 2.86 bits per heavy atom. The molecule has 0 saturated carbocycles. The molecule has 1 aliphatic heterocycles. The molecular weight excluding hydrogens is 627 g/mol. The second-order valence-electron chi connectivity index (χ2n) is 10.1. The van der Waals surface area contributed by atoms with Crippen LogP contribution in [0.3, 0.4) is 0 Å². The highest BCUT2D eigenvalue weighted by atomic mass is 33.1. The molecule has 1 unspecified atom stereocenters. The van der Waals surface area contributed by atoms with Gasteiger partial charge in [0.2, 0.25) is 0 Å². The van der Waals surface area contributed by atoms with Crippen LogP contribution < -0.4 is 5.32 Å². The van der Waals surface area contributed by atoms with Crippen molar-refractivity contribution in [3.63, 3.8) is 0 Å². The van der Waals surface area contributed by atoms with E-state index in [1.165, 1.54) is 27.9 Å². The van der Waals surface area contributed by atoms with E-state index in [4.69, 9.17) is 19.7 Å². The molecule has 14 nitrogen and oxygen atoms in total. The van der Waals surface area contributed by atoms with Gasteiger partial charge in [0.25, 0.3) is 0 Å². The predicted molar refractivity (Wildman–Crippen MR) is 160 cm³/mol. The quantitative estimate of drug-likeness (QED) is 0.0350. The second-order valence-corrected chi connectivity index (χ2v) is 13.0. The van der Waals surface area contributed by atoms with Crippen molar-refractivity contribution < 1.29 is 37.3 Å². The monoisotopic (exact) mass is 659 g/mol. The first kappa shape index (κ1) is 35.2. The van der Waals surface area contributed by atoms with Crippen LogP contribution >= 0.6 is 21.6 Å². The number of hydrogen-bond acceptors (Lipinski definition) is 11. The third-order valence-electron chi connectivity index (χ3n) is 5.83. The Hall–Kier alpha value is -3.24. The molecule has 2 aromatic heterocycles. The Morgan fingerprint density at radius 1 is 1.41 bits per heavy atom. The van der Waals surface area contributed by atoms with E-state index in [-0.39, 0.29) is 32.4 Å². The first-order chi connectivity index (χ1) is 20.9. The molecule has 2 N–H and O–H groups in total. The van der Waals surface area contributed by atoms with Crippen molar-refractivity contribution in [2.45, 2.75) is 49.6 Å². The third kappa shape index (κ3) is 10.2. The highest BCUT2D eigenvalue weighted by Gasteiger charge is 2.39. The number of carbonyl (C=O) groups excluding carboxylic acids is 1. The van der Waals surface area contributed by atoms with E-state index in [1.807, 2.05) is 19.4 Å². The molecule has 0 bridgehead atoms. The Labute approximate surface area is 259 Å². The molecule has 19 heteroatoms. The van der Waals surface area contributed by atoms with Crippen LogP contribution in [0.25, 0.3) is 21.5 Å². The number of alkyl halides is 3. The van der Waals surface area contributed by atoms with Crippen LogP contribution in [0.15, 0.2) is 22.6 Å². The average Bonchev–Trinajstić information content (AvgIpc) is 3.55. The standard InChI is InChI=1S/C25H32F3N9O5S2/c1-24(2,11-30-23(39)25(26,27)28)44-43-15-40-7-5-6-16-9-37(19-8-17(18(10-38)42-19)41-14-34-35-29)22-20(16)21(31-12-32-22)33-13-36(3)4/h9,12-13,17-19,38H,7-8,10-11,14-15H2,1-4H3,(H,30,39)/t17?,18-,19-/m1/s1. The number of azide groups is 1. The van der Waals surface area contributed by atoms with E-state index in [0.29, 0.717) is 28.8 Å². The first-order valence-electron chi connectivity index (χ1n) is 13.0. The zero-order chi connectivity index (χ0) is 32.3. The number of hydrogen-bond donors (Lipinski definition) is 2. The van der Waals surface area contributed by atoms with Crippen molar-refractivity contribution in [1.82, 2.24) is 24.8 Å². The molecule has 1 fully saturated rings. The van der Waals surface area contributed by atoms with Crippen molar-refractivity contribution in [2.75, 3.05) is 46.5 Å². The number of nitrogens with zero attached hydrogens (tertiary/aromatic N) is 8. The molecule has 3 atom stereocenters. The van der Waals surface area contributed by atoms with Crippen LogP contribution in [0.5, 0.6) is 0 Å². The number of nitrogens with one attached hydrogen (secondary N) is 1. The van der Waals surface area contributed by atoms with Gasteiger partial charge in [0.1, 0.15) is 43.6 Å². The lowest BCUT2D eigenvalue weighted by Gasteiger charge is -2.23. The molecule has 0 spiro atoms. The number of aliphatic hydroxyl groups excluding tert-OH is 1. The summed E-state index contributed by atoms with van der Waals surface area (Å²) in [6, 6.07) is 0. The number of amides is 1. The molecule has 0 radical (unpaired) electrons. The molecule has 1 amide bonds. The Balaban J connectivity index is 1.71. The summed E-state index contributed by atoms with van der Waals surface area (Å²) < 4.78 is 55.5. The first-order valence-corrected chi connectivity index (χ1v) is 15.4. The maximum atomic E-state index is 12.4. The molecule has 44 heavy (non-hydrogen) atoms. The van der Waals surface area contributed by atoms with Crippen LogP contribution in [0, 0.1) is 11.8 Å². The van der Waals surface area contributed by atoms with Gasteiger partial charge in [-0.15, -0.1) is 0 Å². The van der Waals surface area contributed by atoms with Crippen LogP contribution in [0.2, 0.25) is 0 Å². The van der Waals surface area contributed by atoms with Gasteiger partial charge in [-0.2, -0.15) is 13.2 Å². The molecule has 1 aliphatic rings. The number of aliphatic imine (C=N–C) groups is 1. The largest absolute Gasteiger partial charge is 0.471 e. The summed E-state index contributed by atoms with van der Waals surface area (Å²) in [5.41, 5.74) is 9.59. The zero-order valence-corrected chi connectivity index (χ0v) is 25.9. The van der Waals surface area contributed by atoms with Crippen molar-refractivity contribution in [1.29, 1.82) is 0 Å². The summed E-state index contributed by atoms with van der Waals surface area (Å²) in [7, 11) is 6.20. The number of rotatable bonds is 14. The van der Waals surface area contributed by atoms with Gasteiger partial charge in [-0.1, -0.05) is 38.5 Å². The average molecular weight is 660 g/mol. The Morgan fingerprint density at radius 2 is 2.18 bits per heavy atom. The number of aromatic nitrogens is 3. The van der Waals surface area contributed by atoms with Crippen LogP contribution in [0.1, 0.15) is 32.1 Å². The van der Waals surface area contributed by atoms with E-state index in [1.54, 1.807) is 35.8 Å². The topological polar surface area (TPSA) is 172 Å². The number of halogens is 3. The van der Waals surface area contributed by atoms with E-state index in [9.17, 15) is 23.1 Å². The molecule has 0 aromatic carbocycles. The van der Waals surface area contributed by atoms with E-state index < -0.39 is 35.3 Å². The minimum Gasteiger partial charge on any atom is -0.394 e. The minimum absolute atomic E-state index is 0.0529. The summed E-state index contributed by atoms with van der Waals surface area (Å²) in [6.45, 7) is 2.80. The highest BCUT2D eigenvalue weighted by molar-refractivity contribution is 8.77. The zero-order valence-electron chi connectivity index (χ0n) is 24.3. The Kier molecular flexibility index (Phi) is 13.0. The van der Waals surface area contributed by atoms with Gasteiger partial charge in [0.15, 0.2) is 5.82 Å². The number of carbonyl (C=O) groups is 1. The van der Waals surface area contributed by atoms with Gasteiger partial charge in [0.05, 0.1) is 30.0 Å². The van der Waals surface area contributed by atoms with E-state index >= 15 is 0 Å². The smallest absolute Gasteiger partial charge is 0.394 e. The minimum atomic E-state index is -4.93. The normalized spacial score (nSPS) is 18.7. The molecule has 3 heterocycles. The maximum absolute atomic E-state index is 12.4. The maximum Gasteiger partial charge on any atom is 0.471 e. The lowest BCUT2D eigenvalue weighted by Crippen LogP contribution is -2.42. The molecular formula is C25H32F3N9O5S2. The van der Waals surface area contributed by atoms with E-state index in [2.05, 4.69) is 36.8 Å². The van der Waals surface area contributed by atoms with Gasteiger partial charge < -0.3 is 34.1 Å². The van der Waals surface area contributed by atoms with Crippen LogP contribution in [-0.4, -0.2) is 106 Å². The number of fused-ring (bicyclic) bond motifs is 1. The summed E-state index contributed by atoms with van der Waals surface area (Å²) >= 11 is 0. The summed E-state index contributed by atoms with van der Waals surface area (Å²) in [5, 5.41) is 15.7. The van der Waals surface area contributed by atoms with E-state index in [0.717, 1.165) is 0 Å². The number of aliphatic hydroxyl groups is 1. The SMILES string of the molecule is CN(C)C=Nc1ncnc2c1c(C#CCOCSSC(C)(C)CNC(=O)C(F)(F)F)cn2[C@H]1CC(OCN=[N+]=[N-])[C@@H](CO)O1. The summed E-state index contributed by atoms with van der Waals surface area (Å²) in [6.07, 6.45) is -1.61. The van der Waals surface area contributed by atoms with Gasteiger partial charge in [-0.25, -0.2) is 15.0 Å². The summed E-state index contributed by atoms with van der Waals surface area (Å²) in [5.74, 6) is 4.62. The summed E-state index contributed by atoms with van der Waals surface area (Å²) in [4.78, 5) is 28.7. The molecule has 2 aromatic rings. The van der Waals surface area contributed by atoms with Gasteiger partial charge >= 0.3 is 12.1 Å². The molecule has 0 aliphatic carbocycles. The van der Waals surface area contributed by atoms with Gasteiger partial charge in [-0.05, 0) is 19.4 Å². The third-order valence-corrected chi connectivity index (χ3v) is 8.80. The van der Waals surface area contributed by atoms with Crippen LogP contribution in [-0.2, 0) is 19.0 Å². The fourth-order valence-corrected chi connectivity index (χ4v) is 6.01. The van der Waals surface area contributed by atoms with Crippen molar-refractivity contribution in [3.8, 4) is 11.8 Å². The lowest BCUT2D eigenvalue weighted by molar-refractivity contribution is -0.173. The fourth-order valence-electron chi connectivity index (χ4n) is 3.88. The molecule has 240 valence electrons. The molecule has 3 rings (SSSR count). The lowest BCUT2D eigenvalue weighted by atomic mass is 10.2. The predicted octanol–water partition coefficient (Wildman–Crippen LogP) is 3.75. The van der Waals surface area contributed by atoms with Gasteiger partial charge in [-0.3, -0.25) is 4.79 Å². The number of ether oxygens (including phenoxy) is 3. The van der Waals surface area contributed by atoms with Crippen LogP contribution in [0.4, 0.5) is 19.0 Å².